The summed E-state index contributed by atoms with van der Waals surface area (Å²) >= 11 is 0. The Kier molecular flexibility index (Phi) is 53.5. The highest BCUT2D eigenvalue weighted by Gasteiger charge is 2.28. The van der Waals surface area contributed by atoms with Crippen molar-refractivity contribution < 1.29 is 32.9 Å². The molecule has 0 aliphatic heterocycles. The second kappa shape index (κ2) is 54.0. The van der Waals surface area contributed by atoms with Gasteiger partial charge in [-0.3, -0.25) is 13.8 Å². The van der Waals surface area contributed by atoms with E-state index in [0.717, 1.165) is 32.1 Å². The minimum absolute atomic E-state index is 0.0653. The molecule has 71 heavy (non-hydrogen) atoms. The Labute approximate surface area is 443 Å². The summed E-state index contributed by atoms with van der Waals surface area (Å²) < 4.78 is 23.8. The average Bonchev–Trinajstić information content (AvgIpc) is 3.33. The van der Waals surface area contributed by atoms with Gasteiger partial charge in [0.2, 0.25) is 5.91 Å². The second-order valence-corrected chi connectivity index (χ2v) is 24.6. The van der Waals surface area contributed by atoms with Crippen LogP contribution in [-0.2, 0) is 18.4 Å². The van der Waals surface area contributed by atoms with Crippen molar-refractivity contribution in [1.29, 1.82) is 0 Å². The van der Waals surface area contributed by atoms with Gasteiger partial charge in [0.25, 0.3) is 0 Å². The zero-order chi connectivity index (χ0) is 52.0. The molecule has 0 aliphatic rings. The summed E-state index contributed by atoms with van der Waals surface area (Å²) in [4.78, 5) is 23.3. The van der Waals surface area contributed by atoms with Gasteiger partial charge in [0, 0.05) is 6.42 Å². The number of nitrogens with zero attached hydrogens (tertiary/aromatic N) is 1. The van der Waals surface area contributed by atoms with Crippen LogP contribution in [0.5, 0.6) is 0 Å². The van der Waals surface area contributed by atoms with Gasteiger partial charge in [0.05, 0.1) is 39.9 Å². The fraction of sp³-hybridized carbons (Fsp3) is 0.952. The van der Waals surface area contributed by atoms with Crippen molar-refractivity contribution in [2.24, 2.45) is 0 Å². The number of carbonyl (C=O) groups excluding carboxylic acids is 1. The first-order valence-corrected chi connectivity index (χ1v) is 33.1. The lowest BCUT2D eigenvalue weighted by Gasteiger charge is -2.25. The van der Waals surface area contributed by atoms with Crippen molar-refractivity contribution in [2.75, 3.05) is 40.9 Å². The number of allylic oxidation sites excluding steroid dienone is 1. The number of quaternary nitrogens is 1. The van der Waals surface area contributed by atoms with Gasteiger partial charge >= 0.3 is 7.82 Å². The summed E-state index contributed by atoms with van der Waals surface area (Å²) in [6, 6.07) is -0.842. The molecule has 8 nitrogen and oxygen atoms in total. The van der Waals surface area contributed by atoms with E-state index < -0.39 is 20.0 Å². The fourth-order valence-corrected chi connectivity index (χ4v) is 10.5. The van der Waals surface area contributed by atoms with E-state index in [1.807, 2.05) is 27.2 Å². The Bertz CT molecular complexity index is 1160. The third-order valence-corrected chi connectivity index (χ3v) is 15.7. The molecule has 0 radical (unpaired) electrons. The standard InChI is InChI=1S/C62H125N2O6P/c1-6-8-10-12-14-16-18-20-22-24-26-27-28-29-30-31-32-33-34-35-36-37-38-39-41-43-45-47-49-51-53-55-61(65)60(59-70-71(67,68)69-58-57-64(3,4)5)63-62(66)56-54-52-50-48-46-44-42-40-25-23-21-19-17-15-13-11-9-7-2/h53,55,60-61,65H,6-52,54,56-59H2,1-5H3,(H-,63,66,67,68)/p+1/b55-53+. The normalized spacial score (nSPS) is 13.8. The number of phosphoric acid groups is 1. The lowest BCUT2D eigenvalue weighted by Crippen LogP contribution is -2.45. The van der Waals surface area contributed by atoms with E-state index in [0.29, 0.717) is 17.4 Å². The van der Waals surface area contributed by atoms with E-state index in [1.165, 1.54) is 276 Å². The van der Waals surface area contributed by atoms with Gasteiger partial charge in [-0.15, -0.1) is 0 Å². The van der Waals surface area contributed by atoms with Gasteiger partial charge in [0.15, 0.2) is 0 Å². The zero-order valence-corrected chi connectivity index (χ0v) is 49.4. The van der Waals surface area contributed by atoms with Crippen molar-refractivity contribution in [3.05, 3.63) is 12.2 Å². The van der Waals surface area contributed by atoms with Crippen LogP contribution in [-0.4, -0.2) is 73.4 Å². The molecule has 3 unspecified atom stereocenters. The first kappa shape index (κ1) is 70.2. The summed E-state index contributed by atoms with van der Waals surface area (Å²) in [5, 5.41) is 14.0. The number of amides is 1. The molecule has 9 heteroatoms. The number of aliphatic hydroxyl groups excluding tert-OH is 1. The third-order valence-electron chi connectivity index (χ3n) is 14.8. The number of carbonyl (C=O) groups is 1. The topological polar surface area (TPSA) is 105 Å². The summed E-state index contributed by atoms with van der Waals surface area (Å²) in [6.07, 6.45) is 67.6. The summed E-state index contributed by atoms with van der Waals surface area (Å²) in [5.74, 6) is -0.169. The monoisotopic (exact) mass is 1030 g/mol. The SMILES string of the molecule is CCCCCCCCCCCCCCCCCCCCCCCCCCCCCCC/C=C/C(O)C(COP(=O)(O)OCC[N+](C)(C)C)NC(=O)CCCCCCCCCCCCCCCCCCCC. The molecule has 0 spiro atoms. The highest BCUT2D eigenvalue weighted by molar-refractivity contribution is 7.47. The molecule has 0 rings (SSSR count). The van der Waals surface area contributed by atoms with E-state index in [2.05, 4.69) is 19.2 Å². The van der Waals surface area contributed by atoms with Gasteiger partial charge in [0.1, 0.15) is 13.2 Å². The number of hydrogen-bond donors (Lipinski definition) is 3. The Morgan fingerprint density at radius 2 is 0.746 bits per heavy atom. The van der Waals surface area contributed by atoms with Gasteiger partial charge in [-0.25, -0.2) is 4.57 Å². The Morgan fingerprint density at radius 1 is 0.465 bits per heavy atom. The molecular formula is C62H126N2O6P+. The molecule has 3 N–H and O–H groups in total. The molecule has 0 saturated heterocycles. The number of likely N-dealkylation sites (N-methyl/N-ethyl adjacent to an activating group) is 1. The van der Waals surface area contributed by atoms with Gasteiger partial charge in [-0.05, 0) is 19.3 Å². The van der Waals surface area contributed by atoms with Crippen molar-refractivity contribution in [1.82, 2.24) is 5.32 Å². The number of unbranched alkanes of at least 4 members (excludes halogenated alkanes) is 46. The van der Waals surface area contributed by atoms with Crippen LogP contribution >= 0.6 is 7.82 Å². The van der Waals surface area contributed by atoms with Crippen LogP contribution in [0, 0.1) is 0 Å². The van der Waals surface area contributed by atoms with Crippen molar-refractivity contribution in [2.45, 2.75) is 341 Å². The number of rotatable bonds is 59. The largest absolute Gasteiger partial charge is 0.472 e. The Hall–Kier alpha value is -0.760. The van der Waals surface area contributed by atoms with Crippen LogP contribution < -0.4 is 5.32 Å². The molecule has 0 aromatic rings. The first-order chi connectivity index (χ1) is 34.5. The third kappa shape index (κ3) is 56.8. The second-order valence-electron chi connectivity index (χ2n) is 23.2. The molecular weight excluding hydrogens is 900 g/mol. The molecule has 424 valence electrons. The molecule has 0 aromatic heterocycles. The highest BCUT2D eigenvalue weighted by Crippen LogP contribution is 2.43. The fourth-order valence-electron chi connectivity index (χ4n) is 9.81. The van der Waals surface area contributed by atoms with Crippen molar-refractivity contribution in [3.8, 4) is 0 Å². The lowest BCUT2D eigenvalue weighted by molar-refractivity contribution is -0.870. The number of aliphatic hydroxyl groups is 1. The molecule has 0 aliphatic carbocycles. The highest BCUT2D eigenvalue weighted by atomic mass is 31.2. The quantitative estimate of drug-likeness (QED) is 0.0243. The molecule has 0 saturated carbocycles. The van der Waals surface area contributed by atoms with E-state index in [9.17, 15) is 19.4 Å². The van der Waals surface area contributed by atoms with Crippen LogP contribution in [0.15, 0.2) is 12.2 Å². The summed E-state index contributed by atoms with van der Waals surface area (Å²) in [6.45, 7) is 4.87. The Morgan fingerprint density at radius 3 is 1.04 bits per heavy atom. The molecule has 3 atom stereocenters. The number of hydrogen-bond acceptors (Lipinski definition) is 5. The summed E-state index contributed by atoms with van der Waals surface area (Å²) in [5.41, 5.74) is 0. The van der Waals surface area contributed by atoms with Gasteiger partial charge < -0.3 is 19.8 Å². The van der Waals surface area contributed by atoms with Gasteiger partial charge in [-0.2, -0.15) is 0 Å². The van der Waals surface area contributed by atoms with E-state index in [4.69, 9.17) is 9.05 Å². The first-order valence-electron chi connectivity index (χ1n) is 31.6. The molecule has 0 heterocycles. The Balaban J connectivity index is 4.06. The maximum atomic E-state index is 13.0. The van der Waals surface area contributed by atoms with Crippen LogP contribution in [0.4, 0.5) is 0 Å². The number of nitrogens with one attached hydrogen (secondary N) is 1. The van der Waals surface area contributed by atoms with E-state index in [1.54, 1.807) is 6.08 Å². The van der Waals surface area contributed by atoms with Crippen molar-refractivity contribution >= 4 is 13.7 Å². The molecule has 0 bridgehead atoms. The molecule has 0 aromatic carbocycles. The zero-order valence-electron chi connectivity index (χ0n) is 48.5. The maximum absolute atomic E-state index is 13.0. The smallest absolute Gasteiger partial charge is 0.387 e. The molecule has 1 amide bonds. The predicted octanol–water partition coefficient (Wildman–Crippen LogP) is 19.4. The van der Waals surface area contributed by atoms with Crippen LogP contribution in [0.25, 0.3) is 0 Å². The minimum atomic E-state index is -4.34. The van der Waals surface area contributed by atoms with Gasteiger partial charge in [-0.1, -0.05) is 315 Å². The van der Waals surface area contributed by atoms with Crippen molar-refractivity contribution in [3.63, 3.8) is 0 Å². The van der Waals surface area contributed by atoms with E-state index >= 15 is 0 Å². The average molecular weight is 1030 g/mol. The number of phosphoric ester groups is 1. The predicted molar refractivity (Wildman–Crippen MR) is 309 cm³/mol. The van der Waals surface area contributed by atoms with Crippen LogP contribution in [0.1, 0.15) is 328 Å². The maximum Gasteiger partial charge on any atom is 0.472 e. The minimum Gasteiger partial charge on any atom is -0.387 e. The lowest BCUT2D eigenvalue weighted by atomic mass is 10.0. The van der Waals surface area contributed by atoms with Crippen LogP contribution in [0.2, 0.25) is 0 Å². The van der Waals surface area contributed by atoms with E-state index in [-0.39, 0.29) is 19.1 Å². The van der Waals surface area contributed by atoms with Crippen LogP contribution in [0.3, 0.4) is 0 Å². The molecule has 0 fully saturated rings. The summed E-state index contributed by atoms with van der Waals surface area (Å²) in [7, 11) is 1.59.